The summed E-state index contributed by atoms with van der Waals surface area (Å²) in [6.45, 7) is 11.1. The highest BCUT2D eigenvalue weighted by molar-refractivity contribution is 4.96. The van der Waals surface area contributed by atoms with Crippen LogP contribution < -0.4 is 0 Å². The molecule has 92 valence electrons. The molecule has 16 heavy (non-hydrogen) atoms. The van der Waals surface area contributed by atoms with Crippen LogP contribution in [-0.2, 0) is 0 Å². The maximum Gasteiger partial charge on any atom is 0.0624 e. The standard InChI is InChI=1S/C15H27N/c1-6-13(4)8-7-9-14(5)15(10-11-16)12(2)3/h8,12,14-15H,6-7,9-10H2,1-5H3/b13-8+/t14-,15?/m1/s1. The average molecular weight is 221 g/mol. The number of nitriles is 1. The second-order valence-corrected chi connectivity index (χ2v) is 5.23. The van der Waals surface area contributed by atoms with Crippen LogP contribution in [0.4, 0.5) is 0 Å². The molecule has 0 bridgehead atoms. The Hall–Kier alpha value is -0.770. The summed E-state index contributed by atoms with van der Waals surface area (Å²) in [5.41, 5.74) is 1.48. The molecule has 0 spiro atoms. The zero-order chi connectivity index (χ0) is 12.6. The van der Waals surface area contributed by atoms with Gasteiger partial charge in [0.05, 0.1) is 6.07 Å². The lowest BCUT2D eigenvalue weighted by atomic mass is 9.80. The Morgan fingerprint density at radius 1 is 1.31 bits per heavy atom. The molecule has 1 nitrogen and oxygen atoms in total. The van der Waals surface area contributed by atoms with Gasteiger partial charge in [0.1, 0.15) is 0 Å². The lowest BCUT2D eigenvalue weighted by Crippen LogP contribution is -2.17. The minimum atomic E-state index is 0.556. The summed E-state index contributed by atoms with van der Waals surface area (Å²) >= 11 is 0. The van der Waals surface area contributed by atoms with Gasteiger partial charge < -0.3 is 0 Å². The van der Waals surface area contributed by atoms with E-state index in [1.165, 1.54) is 12.0 Å². The summed E-state index contributed by atoms with van der Waals surface area (Å²) in [4.78, 5) is 0. The number of rotatable bonds is 7. The molecule has 0 aromatic carbocycles. The molecule has 0 radical (unpaired) electrons. The van der Waals surface area contributed by atoms with Gasteiger partial charge in [-0.3, -0.25) is 0 Å². The highest BCUT2D eigenvalue weighted by Gasteiger charge is 2.19. The molecule has 0 aromatic heterocycles. The van der Waals surface area contributed by atoms with Crippen molar-refractivity contribution >= 4 is 0 Å². The van der Waals surface area contributed by atoms with Crippen molar-refractivity contribution < 1.29 is 0 Å². The summed E-state index contributed by atoms with van der Waals surface area (Å²) in [5, 5.41) is 8.82. The largest absolute Gasteiger partial charge is 0.198 e. The van der Waals surface area contributed by atoms with E-state index in [9.17, 15) is 0 Å². The molecule has 0 rings (SSSR count). The number of hydrogen-bond donors (Lipinski definition) is 0. The van der Waals surface area contributed by atoms with Crippen molar-refractivity contribution in [2.45, 2.75) is 60.3 Å². The van der Waals surface area contributed by atoms with Crippen molar-refractivity contribution in [1.29, 1.82) is 5.26 Å². The zero-order valence-corrected chi connectivity index (χ0v) is 11.6. The molecule has 0 saturated heterocycles. The highest BCUT2D eigenvalue weighted by atomic mass is 14.3. The fraction of sp³-hybridized carbons (Fsp3) is 0.800. The Morgan fingerprint density at radius 2 is 1.94 bits per heavy atom. The fourth-order valence-electron chi connectivity index (χ4n) is 2.15. The van der Waals surface area contributed by atoms with E-state index in [2.05, 4.69) is 46.8 Å². The molecule has 0 aliphatic heterocycles. The van der Waals surface area contributed by atoms with Crippen LogP contribution in [0.25, 0.3) is 0 Å². The van der Waals surface area contributed by atoms with Crippen molar-refractivity contribution in [2.24, 2.45) is 17.8 Å². The van der Waals surface area contributed by atoms with Crippen molar-refractivity contribution in [3.8, 4) is 6.07 Å². The Bertz CT molecular complexity index is 245. The molecule has 0 heterocycles. The molecule has 0 saturated carbocycles. The number of hydrogen-bond acceptors (Lipinski definition) is 1. The first-order valence-electron chi connectivity index (χ1n) is 6.55. The predicted molar refractivity (Wildman–Crippen MR) is 71.0 cm³/mol. The SMILES string of the molecule is CC/C(C)=C/CC[C@@H](C)C(CC#N)C(C)C. The normalized spacial score (nSPS) is 15.9. The van der Waals surface area contributed by atoms with E-state index in [0.717, 1.165) is 12.8 Å². The zero-order valence-electron chi connectivity index (χ0n) is 11.6. The van der Waals surface area contributed by atoms with E-state index in [1.807, 2.05) is 0 Å². The maximum atomic E-state index is 8.82. The highest BCUT2D eigenvalue weighted by Crippen LogP contribution is 2.27. The lowest BCUT2D eigenvalue weighted by molar-refractivity contribution is 0.263. The summed E-state index contributed by atoms with van der Waals surface area (Å²) in [5.74, 6) is 1.83. The second kappa shape index (κ2) is 8.39. The Labute approximate surface area is 102 Å². The first-order valence-corrected chi connectivity index (χ1v) is 6.55. The van der Waals surface area contributed by atoms with Gasteiger partial charge in [-0.15, -0.1) is 0 Å². The van der Waals surface area contributed by atoms with Crippen LogP contribution >= 0.6 is 0 Å². The predicted octanol–water partition coefficient (Wildman–Crippen LogP) is 4.94. The molecular weight excluding hydrogens is 194 g/mol. The molecule has 0 aliphatic carbocycles. The van der Waals surface area contributed by atoms with Gasteiger partial charge in [0.15, 0.2) is 0 Å². The van der Waals surface area contributed by atoms with E-state index in [4.69, 9.17) is 5.26 Å². The van der Waals surface area contributed by atoms with Gasteiger partial charge in [0.2, 0.25) is 0 Å². The Kier molecular flexibility index (Phi) is 7.99. The molecule has 1 unspecified atom stereocenters. The topological polar surface area (TPSA) is 23.8 Å². The molecule has 0 aliphatic rings. The Morgan fingerprint density at radius 3 is 2.38 bits per heavy atom. The van der Waals surface area contributed by atoms with E-state index in [-0.39, 0.29) is 0 Å². The van der Waals surface area contributed by atoms with E-state index in [1.54, 1.807) is 0 Å². The van der Waals surface area contributed by atoms with Crippen molar-refractivity contribution in [2.75, 3.05) is 0 Å². The lowest BCUT2D eigenvalue weighted by Gasteiger charge is -2.24. The minimum Gasteiger partial charge on any atom is -0.198 e. The molecule has 0 fully saturated rings. The van der Waals surface area contributed by atoms with Gasteiger partial charge in [-0.2, -0.15) is 5.26 Å². The third kappa shape index (κ3) is 5.95. The van der Waals surface area contributed by atoms with Crippen molar-refractivity contribution in [3.63, 3.8) is 0 Å². The average Bonchev–Trinajstić information content (AvgIpc) is 2.24. The molecule has 0 N–H and O–H groups in total. The van der Waals surface area contributed by atoms with Crippen molar-refractivity contribution in [3.05, 3.63) is 11.6 Å². The van der Waals surface area contributed by atoms with Crippen LogP contribution in [0.2, 0.25) is 0 Å². The van der Waals surface area contributed by atoms with E-state index >= 15 is 0 Å². The number of nitrogens with zero attached hydrogens (tertiary/aromatic N) is 1. The van der Waals surface area contributed by atoms with Gasteiger partial charge >= 0.3 is 0 Å². The summed E-state index contributed by atoms with van der Waals surface area (Å²) in [6, 6.07) is 2.32. The van der Waals surface area contributed by atoms with Crippen LogP contribution in [0.15, 0.2) is 11.6 Å². The van der Waals surface area contributed by atoms with Crippen LogP contribution in [0.5, 0.6) is 0 Å². The minimum absolute atomic E-state index is 0.556. The monoisotopic (exact) mass is 221 g/mol. The quantitative estimate of drug-likeness (QED) is 0.558. The van der Waals surface area contributed by atoms with E-state index < -0.39 is 0 Å². The van der Waals surface area contributed by atoms with Gasteiger partial charge in [-0.1, -0.05) is 39.3 Å². The summed E-state index contributed by atoms with van der Waals surface area (Å²) in [7, 11) is 0. The first-order chi connectivity index (χ1) is 7.52. The van der Waals surface area contributed by atoms with E-state index in [0.29, 0.717) is 24.2 Å². The third-order valence-corrected chi connectivity index (χ3v) is 3.59. The first kappa shape index (κ1) is 15.2. The van der Waals surface area contributed by atoms with Crippen LogP contribution in [0, 0.1) is 29.1 Å². The van der Waals surface area contributed by atoms with Crippen LogP contribution in [0.1, 0.15) is 60.3 Å². The van der Waals surface area contributed by atoms with Gasteiger partial charge in [-0.25, -0.2) is 0 Å². The van der Waals surface area contributed by atoms with Crippen LogP contribution in [-0.4, -0.2) is 0 Å². The summed E-state index contributed by atoms with van der Waals surface area (Å²) < 4.78 is 0. The van der Waals surface area contributed by atoms with Gasteiger partial charge in [0.25, 0.3) is 0 Å². The Balaban J connectivity index is 4.11. The molecular formula is C15H27N. The molecule has 1 heteroatoms. The smallest absolute Gasteiger partial charge is 0.0624 e. The third-order valence-electron chi connectivity index (χ3n) is 3.59. The second-order valence-electron chi connectivity index (χ2n) is 5.23. The molecule has 0 amide bonds. The maximum absolute atomic E-state index is 8.82. The van der Waals surface area contributed by atoms with Crippen LogP contribution in [0.3, 0.4) is 0 Å². The molecule has 0 aromatic rings. The molecule has 2 atom stereocenters. The van der Waals surface area contributed by atoms with Gasteiger partial charge in [-0.05, 0) is 43.9 Å². The summed E-state index contributed by atoms with van der Waals surface area (Å²) in [6.07, 6.45) is 6.58. The van der Waals surface area contributed by atoms with Crippen molar-refractivity contribution in [1.82, 2.24) is 0 Å². The van der Waals surface area contributed by atoms with Gasteiger partial charge in [0, 0.05) is 6.42 Å². The number of allylic oxidation sites excluding steroid dienone is 2. The fourth-order valence-corrected chi connectivity index (χ4v) is 2.15.